The van der Waals surface area contributed by atoms with E-state index in [0.29, 0.717) is 16.8 Å². The quantitative estimate of drug-likeness (QED) is 0.884. The fourth-order valence-electron chi connectivity index (χ4n) is 2.22. The van der Waals surface area contributed by atoms with Gasteiger partial charge in [-0.25, -0.2) is 4.39 Å². The standard InChI is InChI=1S/C18H19FN2O3/c1-11(14-6-9-17(24-3)16(19)10-14)20-18(23)13-4-7-15(8-5-13)21-12(2)22/h4-11H,1-3H3,(H,20,23)(H,21,22). The van der Waals surface area contributed by atoms with Gasteiger partial charge in [0.15, 0.2) is 11.6 Å². The zero-order valence-corrected chi connectivity index (χ0v) is 13.7. The van der Waals surface area contributed by atoms with E-state index in [1.165, 1.54) is 26.2 Å². The van der Waals surface area contributed by atoms with Crippen molar-refractivity contribution in [1.82, 2.24) is 5.32 Å². The molecule has 1 unspecified atom stereocenters. The number of nitrogens with one attached hydrogen (secondary N) is 2. The molecule has 0 fully saturated rings. The molecule has 0 bridgehead atoms. The number of hydrogen-bond donors (Lipinski definition) is 2. The van der Waals surface area contributed by atoms with Gasteiger partial charge >= 0.3 is 0 Å². The molecule has 0 heterocycles. The molecule has 0 aliphatic rings. The van der Waals surface area contributed by atoms with Crippen LogP contribution in [0.15, 0.2) is 42.5 Å². The van der Waals surface area contributed by atoms with Crippen LogP contribution in [0.1, 0.15) is 35.8 Å². The molecule has 0 aromatic heterocycles. The predicted molar refractivity (Wildman–Crippen MR) is 89.6 cm³/mol. The summed E-state index contributed by atoms with van der Waals surface area (Å²) in [5.41, 5.74) is 1.70. The lowest BCUT2D eigenvalue weighted by Gasteiger charge is -2.15. The zero-order chi connectivity index (χ0) is 17.7. The number of amides is 2. The van der Waals surface area contributed by atoms with E-state index in [1.54, 1.807) is 37.3 Å². The Morgan fingerprint density at radius 2 is 1.79 bits per heavy atom. The Balaban J connectivity index is 2.05. The van der Waals surface area contributed by atoms with Gasteiger partial charge in [0.05, 0.1) is 13.2 Å². The highest BCUT2D eigenvalue weighted by Crippen LogP contribution is 2.22. The minimum Gasteiger partial charge on any atom is -0.494 e. The van der Waals surface area contributed by atoms with E-state index in [2.05, 4.69) is 10.6 Å². The Bertz CT molecular complexity index is 744. The molecule has 0 saturated carbocycles. The van der Waals surface area contributed by atoms with Gasteiger partial charge in [-0.1, -0.05) is 6.07 Å². The van der Waals surface area contributed by atoms with Crippen molar-refractivity contribution < 1.29 is 18.7 Å². The lowest BCUT2D eigenvalue weighted by atomic mass is 10.1. The van der Waals surface area contributed by atoms with Crippen molar-refractivity contribution in [2.24, 2.45) is 0 Å². The normalized spacial score (nSPS) is 11.5. The summed E-state index contributed by atoms with van der Waals surface area (Å²) in [5.74, 6) is -0.781. The lowest BCUT2D eigenvalue weighted by molar-refractivity contribution is -0.114. The van der Waals surface area contributed by atoms with Gasteiger partial charge in [0, 0.05) is 18.2 Å². The molecule has 6 heteroatoms. The van der Waals surface area contributed by atoms with Gasteiger partial charge < -0.3 is 15.4 Å². The smallest absolute Gasteiger partial charge is 0.251 e. The van der Waals surface area contributed by atoms with Crippen LogP contribution in [0.4, 0.5) is 10.1 Å². The van der Waals surface area contributed by atoms with Crippen LogP contribution in [0.25, 0.3) is 0 Å². The van der Waals surface area contributed by atoms with E-state index in [-0.39, 0.29) is 23.6 Å². The number of benzene rings is 2. The van der Waals surface area contributed by atoms with E-state index in [1.807, 2.05) is 0 Å². The van der Waals surface area contributed by atoms with Gasteiger partial charge in [-0.05, 0) is 48.9 Å². The topological polar surface area (TPSA) is 67.4 Å². The molecule has 0 aliphatic heterocycles. The third-order valence-corrected chi connectivity index (χ3v) is 3.49. The van der Waals surface area contributed by atoms with Crippen molar-refractivity contribution >= 4 is 17.5 Å². The first-order valence-corrected chi connectivity index (χ1v) is 7.42. The summed E-state index contributed by atoms with van der Waals surface area (Å²) in [6, 6.07) is 10.7. The summed E-state index contributed by atoms with van der Waals surface area (Å²) in [6.45, 7) is 3.18. The Labute approximate surface area is 139 Å². The van der Waals surface area contributed by atoms with Crippen LogP contribution in [0.2, 0.25) is 0 Å². The van der Waals surface area contributed by atoms with Crippen LogP contribution < -0.4 is 15.4 Å². The Morgan fingerprint density at radius 3 is 2.33 bits per heavy atom. The molecule has 0 radical (unpaired) electrons. The Morgan fingerprint density at radius 1 is 1.12 bits per heavy atom. The molecule has 5 nitrogen and oxygen atoms in total. The number of methoxy groups -OCH3 is 1. The Hall–Kier alpha value is -2.89. The van der Waals surface area contributed by atoms with Crippen molar-refractivity contribution in [2.45, 2.75) is 19.9 Å². The molecule has 0 aliphatic carbocycles. The second kappa shape index (κ2) is 7.59. The monoisotopic (exact) mass is 330 g/mol. The molecule has 24 heavy (non-hydrogen) atoms. The lowest BCUT2D eigenvalue weighted by Crippen LogP contribution is -2.26. The van der Waals surface area contributed by atoms with Crippen LogP contribution in [-0.4, -0.2) is 18.9 Å². The highest BCUT2D eigenvalue weighted by molar-refractivity contribution is 5.95. The maximum atomic E-state index is 13.7. The summed E-state index contributed by atoms with van der Waals surface area (Å²) in [5, 5.41) is 5.43. The summed E-state index contributed by atoms with van der Waals surface area (Å²) in [6.07, 6.45) is 0. The molecule has 0 spiro atoms. The number of anilines is 1. The highest BCUT2D eigenvalue weighted by Gasteiger charge is 2.13. The molecular formula is C18H19FN2O3. The van der Waals surface area contributed by atoms with Crippen molar-refractivity contribution in [3.63, 3.8) is 0 Å². The zero-order valence-electron chi connectivity index (χ0n) is 13.7. The largest absolute Gasteiger partial charge is 0.494 e. The first-order valence-electron chi connectivity index (χ1n) is 7.42. The minimum atomic E-state index is -0.476. The molecule has 2 aromatic rings. The van der Waals surface area contributed by atoms with Gasteiger partial charge in [-0.3, -0.25) is 9.59 Å². The van der Waals surface area contributed by atoms with Gasteiger partial charge in [0.25, 0.3) is 5.91 Å². The third kappa shape index (κ3) is 4.32. The van der Waals surface area contributed by atoms with E-state index in [0.717, 1.165) is 0 Å². The van der Waals surface area contributed by atoms with Gasteiger partial charge in [-0.15, -0.1) is 0 Å². The summed E-state index contributed by atoms with van der Waals surface area (Å²) in [4.78, 5) is 23.2. The first-order chi connectivity index (χ1) is 11.4. The molecule has 2 aromatic carbocycles. The molecule has 1 atom stereocenters. The van der Waals surface area contributed by atoms with Crippen LogP contribution in [0, 0.1) is 5.82 Å². The number of ether oxygens (including phenoxy) is 1. The van der Waals surface area contributed by atoms with Crippen LogP contribution in [-0.2, 0) is 4.79 Å². The first kappa shape index (κ1) is 17.5. The van der Waals surface area contributed by atoms with Gasteiger partial charge in [0.2, 0.25) is 5.91 Å². The van der Waals surface area contributed by atoms with Gasteiger partial charge in [-0.2, -0.15) is 0 Å². The fraction of sp³-hybridized carbons (Fsp3) is 0.222. The van der Waals surface area contributed by atoms with Crippen molar-refractivity contribution in [1.29, 1.82) is 0 Å². The average molecular weight is 330 g/mol. The second-order valence-corrected chi connectivity index (χ2v) is 5.35. The summed E-state index contributed by atoms with van der Waals surface area (Å²) in [7, 11) is 1.40. The van der Waals surface area contributed by atoms with Crippen molar-refractivity contribution in [2.75, 3.05) is 12.4 Å². The molecular weight excluding hydrogens is 311 g/mol. The van der Waals surface area contributed by atoms with Crippen LogP contribution in [0.5, 0.6) is 5.75 Å². The number of carbonyl (C=O) groups excluding carboxylic acids is 2. The number of carbonyl (C=O) groups is 2. The second-order valence-electron chi connectivity index (χ2n) is 5.35. The number of halogens is 1. The maximum Gasteiger partial charge on any atom is 0.251 e. The predicted octanol–water partition coefficient (Wildman–Crippen LogP) is 3.28. The third-order valence-electron chi connectivity index (χ3n) is 3.49. The van der Waals surface area contributed by atoms with E-state index in [4.69, 9.17) is 4.74 Å². The van der Waals surface area contributed by atoms with E-state index in [9.17, 15) is 14.0 Å². The molecule has 2 amide bonds. The molecule has 0 saturated heterocycles. The number of rotatable bonds is 5. The number of hydrogen-bond acceptors (Lipinski definition) is 3. The SMILES string of the molecule is COc1ccc(C(C)NC(=O)c2ccc(NC(C)=O)cc2)cc1F. The average Bonchev–Trinajstić information content (AvgIpc) is 2.54. The van der Waals surface area contributed by atoms with Crippen LogP contribution >= 0.6 is 0 Å². The van der Waals surface area contributed by atoms with Crippen molar-refractivity contribution in [3.8, 4) is 5.75 Å². The van der Waals surface area contributed by atoms with E-state index < -0.39 is 5.82 Å². The van der Waals surface area contributed by atoms with Crippen molar-refractivity contribution in [3.05, 3.63) is 59.4 Å². The highest BCUT2D eigenvalue weighted by atomic mass is 19.1. The maximum absolute atomic E-state index is 13.7. The van der Waals surface area contributed by atoms with Crippen LogP contribution in [0.3, 0.4) is 0 Å². The fourth-order valence-corrected chi connectivity index (χ4v) is 2.22. The summed E-state index contributed by atoms with van der Waals surface area (Å²) >= 11 is 0. The minimum absolute atomic E-state index is 0.158. The molecule has 2 N–H and O–H groups in total. The molecule has 126 valence electrons. The van der Waals surface area contributed by atoms with Gasteiger partial charge in [0.1, 0.15) is 0 Å². The summed E-state index contributed by atoms with van der Waals surface area (Å²) < 4.78 is 18.6. The van der Waals surface area contributed by atoms with E-state index >= 15 is 0 Å². The molecule has 2 rings (SSSR count). The Kier molecular flexibility index (Phi) is 5.52.